The van der Waals surface area contributed by atoms with Crippen molar-refractivity contribution >= 4 is 5.91 Å². The molecule has 2 aliphatic rings. The topological polar surface area (TPSA) is 59.0 Å². The molecule has 0 spiro atoms. The van der Waals surface area contributed by atoms with Crippen LogP contribution in [0.15, 0.2) is 35.5 Å². The highest BCUT2D eigenvalue weighted by atomic mass is 16.7. The SMILES string of the molecule is O=NC(C(=O)N1O[C@@H]2CC[C@H]1C2)c1ccccc1. The first-order chi connectivity index (χ1) is 8.79. The molecule has 1 saturated carbocycles. The Morgan fingerprint density at radius 1 is 1.33 bits per heavy atom. The molecule has 3 atom stereocenters. The van der Waals surface area contributed by atoms with E-state index in [2.05, 4.69) is 5.18 Å². The predicted molar refractivity (Wildman–Crippen MR) is 64.3 cm³/mol. The van der Waals surface area contributed by atoms with Crippen molar-refractivity contribution in [2.24, 2.45) is 5.18 Å². The predicted octanol–water partition coefficient (Wildman–Crippen LogP) is 2.19. The fourth-order valence-electron chi connectivity index (χ4n) is 2.71. The molecule has 0 N–H and O–H groups in total. The van der Waals surface area contributed by atoms with Crippen LogP contribution in [0.2, 0.25) is 0 Å². The van der Waals surface area contributed by atoms with Crippen molar-refractivity contribution in [1.82, 2.24) is 5.06 Å². The molecule has 1 heterocycles. The highest BCUT2D eigenvalue weighted by Gasteiger charge is 2.44. The lowest BCUT2D eigenvalue weighted by molar-refractivity contribution is -0.200. The Bertz CT molecular complexity index is 463. The number of hydroxylamine groups is 2. The average molecular weight is 246 g/mol. The van der Waals surface area contributed by atoms with Crippen LogP contribution in [-0.4, -0.2) is 23.1 Å². The molecule has 1 unspecified atom stereocenters. The van der Waals surface area contributed by atoms with Crippen molar-refractivity contribution in [3.8, 4) is 0 Å². The van der Waals surface area contributed by atoms with Gasteiger partial charge in [0.25, 0.3) is 5.91 Å². The standard InChI is InChI=1S/C13H14N2O3/c16-13(15-10-6-7-11(8-10)18-15)12(14-17)9-4-2-1-3-5-9/h1-5,10-12H,6-8H2/t10-,11+,12?/m0/s1. The summed E-state index contributed by atoms with van der Waals surface area (Å²) >= 11 is 0. The Labute approximate surface area is 105 Å². The summed E-state index contributed by atoms with van der Waals surface area (Å²) in [5.41, 5.74) is 0.615. The van der Waals surface area contributed by atoms with E-state index in [0.29, 0.717) is 5.56 Å². The molecule has 1 aliphatic carbocycles. The first-order valence-corrected chi connectivity index (χ1v) is 6.17. The van der Waals surface area contributed by atoms with Crippen molar-refractivity contribution in [3.63, 3.8) is 0 Å². The molecule has 0 aromatic heterocycles. The Morgan fingerprint density at radius 3 is 2.67 bits per heavy atom. The number of nitroso groups, excluding NO2 is 1. The number of hydrogen-bond donors (Lipinski definition) is 0. The quantitative estimate of drug-likeness (QED) is 0.768. The molecule has 1 aromatic rings. The third kappa shape index (κ3) is 1.80. The Kier molecular flexibility index (Phi) is 2.83. The van der Waals surface area contributed by atoms with Crippen LogP contribution in [0.3, 0.4) is 0 Å². The van der Waals surface area contributed by atoms with Crippen molar-refractivity contribution in [2.45, 2.75) is 37.5 Å². The van der Waals surface area contributed by atoms with Gasteiger partial charge in [0.15, 0.2) is 6.04 Å². The van der Waals surface area contributed by atoms with Crippen LogP contribution in [0, 0.1) is 4.91 Å². The molecule has 1 aliphatic heterocycles. The van der Waals surface area contributed by atoms with Gasteiger partial charge in [-0.25, -0.2) is 5.06 Å². The molecule has 1 aromatic carbocycles. The smallest absolute Gasteiger partial charge is 0.269 e. The summed E-state index contributed by atoms with van der Waals surface area (Å²) in [7, 11) is 0. The van der Waals surface area contributed by atoms with Crippen molar-refractivity contribution in [3.05, 3.63) is 40.8 Å². The summed E-state index contributed by atoms with van der Waals surface area (Å²) < 4.78 is 0. The molecule has 3 rings (SSSR count). The van der Waals surface area contributed by atoms with Gasteiger partial charge in [0, 0.05) is 0 Å². The molecular weight excluding hydrogens is 232 g/mol. The van der Waals surface area contributed by atoms with Crippen LogP contribution in [0.5, 0.6) is 0 Å². The average Bonchev–Trinajstić information content (AvgIpc) is 3.03. The lowest BCUT2D eigenvalue weighted by atomic mass is 10.1. The summed E-state index contributed by atoms with van der Waals surface area (Å²) in [6, 6.07) is 8.01. The number of amides is 1. The zero-order valence-electron chi connectivity index (χ0n) is 9.86. The van der Waals surface area contributed by atoms with Gasteiger partial charge in [-0.1, -0.05) is 35.5 Å². The van der Waals surface area contributed by atoms with Crippen LogP contribution in [0.1, 0.15) is 30.9 Å². The van der Waals surface area contributed by atoms with Gasteiger partial charge in [0.1, 0.15) is 0 Å². The van der Waals surface area contributed by atoms with E-state index in [-0.39, 0.29) is 18.1 Å². The lowest BCUT2D eigenvalue weighted by Gasteiger charge is -2.27. The van der Waals surface area contributed by atoms with E-state index < -0.39 is 6.04 Å². The zero-order chi connectivity index (χ0) is 12.5. The highest BCUT2D eigenvalue weighted by Crippen LogP contribution is 2.37. The van der Waals surface area contributed by atoms with E-state index in [1.54, 1.807) is 24.3 Å². The first-order valence-electron chi connectivity index (χ1n) is 6.17. The Morgan fingerprint density at radius 2 is 2.11 bits per heavy atom. The lowest BCUT2D eigenvalue weighted by Crippen LogP contribution is -2.39. The van der Waals surface area contributed by atoms with E-state index >= 15 is 0 Å². The maximum atomic E-state index is 12.3. The van der Waals surface area contributed by atoms with E-state index in [1.165, 1.54) is 5.06 Å². The minimum Gasteiger partial charge on any atom is -0.269 e. The van der Waals surface area contributed by atoms with Crippen LogP contribution in [0.25, 0.3) is 0 Å². The van der Waals surface area contributed by atoms with Gasteiger partial charge in [-0.15, -0.1) is 4.91 Å². The normalized spacial score (nSPS) is 27.2. The summed E-state index contributed by atoms with van der Waals surface area (Å²) in [5, 5.41) is 4.33. The van der Waals surface area contributed by atoms with Crippen LogP contribution in [0.4, 0.5) is 0 Å². The number of rotatable bonds is 3. The second-order valence-corrected chi connectivity index (χ2v) is 4.78. The van der Waals surface area contributed by atoms with Gasteiger partial charge >= 0.3 is 0 Å². The molecule has 0 radical (unpaired) electrons. The number of carbonyl (C=O) groups excluding carboxylic acids is 1. The Hall–Kier alpha value is -1.75. The second kappa shape index (κ2) is 4.49. The van der Waals surface area contributed by atoms with Crippen molar-refractivity contribution in [2.75, 3.05) is 0 Å². The number of hydrogen-bond acceptors (Lipinski definition) is 4. The van der Waals surface area contributed by atoms with Crippen molar-refractivity contribution < 1.29 is 9.63 Å². The van der Waals surface area contributed by atoms with Crippen LogP contribution in [-0.2, 0) is 9.63 Å². The van der Waals surface area contributed by atoms with Crippen LogP contribution >= 0.6 is 0 Å². The third-order valence-electron chi connectivity index (χ3n) is 3.62. The molecule has 18 heavy (non-hydrogen) atoms. The summed E-state index contributed by atoms with van der Waals surface area (Å²) in [6.45, 7) is 0. The molecule has 2 bridgehead atoms. The maximum absolute atomic E-state index is 12.3. The van der Waals surface area contributed by atoms with Gasteiger partial charge in [0.05, 0.1) is 12.1 Å². The number of fused-ring (bicyclic) bond motifs is 2. The highest BCUT2D eigenvalue weighted by molar-refractivity contribution is 5.83. The molecule has 5 nitrogen and oxygen atoms in total. The van der Waals surface area contributed by atoms with Crippen molar-refractivity contribution in [1.29, 1.82) is 0 Å². The molecule has 5 heteroatoms. The maximum Gasteiger partial charge on any atom is 0.279 e. The fourth-order valence-corrected chi connectivity index (χ4v) is 2.71. The second-order valence-electron chi connectivity index (χ2n) is 4.78. The molecular formula is C13H14N2O3. The fraction of sp³-hybridized carbons (Fsp3) is 0.462. The molecule has 94 valence electrons. The van der Waals surface area contributed by atoms with E-state index in [1.807, 2.05) is 6.07 Å². The Balaban J connectivity index is 1.80. The van der Waals surface area contributed by atoms with Gasteiger partial charge in [-0.3, -0.25) is 9.63 Å². The van der Waals surface area contributed by atoms with E-state index in [0.717, 1.165) is 19.3 Å². The van der Waals surface area contributed by atoms with E-state index in [4.69, 9.17) is 4.84 Å². The van der Waals surface area contributed by atoms with Crippen LogP contribution < -0.4 is 0 Å². The van der Waals surface area contributed by atoms with Gasteiger partial charge in [-0.05, 0) is 24.8 Å². The number of nitrogens with zero attached hydrogens (tertiary/aromatic N) is 2. The number of carbonyl (C=O) groups is 1. The zero-order valence-corrected chi connectivity index (χ0v) is 9.86. The van der Waals surface area contributed by atoms with E-state index in [9.17, 15) is 9.70 Å². The minimum absolute atomic E-state index is 0.121. The van der Waals surface area contributed by atoms with Gasteiger partial charge in [-0.2, -0.15) is 0 Å². The minimum atomic E-state index is -0.995. The van der Waals surface area contributed by atoms with Gasteiger partial charge < -0.3 is 0 Å². The largest absolute Gasteiger partial charge is 0.279 e. The molecule has 1 saturated heterocycles. The summed E-state index contributed by atoms with van der Waals surface area (Å²) in [6.07, 6.45) is 2.98. The summed E-state index contributed by atoms with van der Waals surface area (Å²) in [5.74, 6) is -0.344. The number of benzene rings is 1. The molecule has 2 fully saturated rings. The van der Waals surface area contributed by atoms with Gasteiger partial charge in [0.2, 0.25) is 0 Å². The molecule has 1 amide bonds. The monoisotopic (exact) mass is 246 g/mol. The summed E-state index contributed by atoms with van der Waals surface area (Å²) in [4.78, 5) is 28.7. The third-order valence-corrected chi connectivity index (χ3v) is 3.62. The first kappa shape index (κ1) is 11.3.